The molecular weight excluding hydrogens is 360 g/mol. The third kappa shape index (κ3) is 2.82. The minimum absolute atomic E-state index is 0.0439. The van der Waals surface area contributed by atoms with Gasteiger partial charge in [0.1, 0.15) is 5.75 Å². The Hall–Kier alpha value is -1.32. The Bertz CT molecular complexity index is 712. The molecule has 19 heavy (non-hydrogen) atoms. The Labute approximate surface area is 122 Å². The highest BCUT2D eigenvalue weighted by molar-refractivity contribution is 9.10. The molecule has 0 saturated carbocycles. The standard InChI is InChI=1S/C9H8BrClN4O3S/c1-15-9(8(10)12-14-15)19(17,18)13-5-2-3-7(16)6(11)4-5/h2-4,13,16H,1H3. The van der Waals surface area contributed by atoms with E-state index in [4.69, 9.17) is 11.6 Å². The SMILES string of the molecule is Cn1nnc(Br)c1S(=O)(=O)Nc1ccc(O)c(Cl)c1. The Morgan fingerprint density at radius 3 is 2.68 bits per heavy atom. The van der Waals surface area contributed by atoms with Gasteiger partial charge in [-0.1, -0.05) is 16.8 Å². The Morgan fingerprint density at radius 2 is 2.16 bits per heavy atom. The number of phenols is 1. The number of aromatic nitrogens is 3. The van der Waals surface area contributed by atoms with Gasteiger partial charge in [0, 0.05) is 7.05 Å². The van der Waals surface area contributed by atoms with Crippen LogP contribution in [0.3, 0.4) is 0 Å². The van der Waals surface area contributed by atoms with Crippen LogP contribution in [0.2, 0.25) is 5.02 Å². The summed E-state index contributed by atoms with van der Waals surface area (Å²) >= 11 is 8.72. The van der Waals surface area contributed by atoms with E-state index in [2.05, 4.69) is 31.0 Å². The minimum Gasteiger partial charge on any atom is -0.506 e. The van der Waals surface area contributed by atoms with Crippen molar-refractivity contribution in [3.8, 4) is 5.75 Å². The number of sulfonamides is 1. The molecule has 1 heterocycles. The van der Waals surface area contributed by atoms with Crippen molar-refractivity contribution in [2.75, 3.05) is 4.72 Å². The van der Waals surface area contributed by atoms with Crippen molar-refractivity contribution < 1.29 is 13.5 Å². The molecule has 1 aromatic carbocycles. The van der Waals surface area contributed by atoms with Crippen molar-refractivity contribution in [2.45, 2.75) is 5.03 Å². The summed E-state index contributed by atoms with van der Waals surface area (Å²) in [4.78, 5) is 0. The molecule has 2 rings (SSSR count). The maximum atomic E-state index is 12.2. The maximum Gasteiger partial charge on any atom is 0.281 e. The van der Waals surface area contributed by atoms with Gasteiger partial charge in [0.05, 0.1) is 10.7 Å². The minimum atomic E-state index is -3.86. The molecule has 0 unspecified atom stereocenters. The number of phenolic OH excluding ortho intramolecular Hbond substituents is 1. The van der Waals surface area contributed by atoms with Crippen LogP contribution >= 0.6 is 27.5 Å². The van der Waals surface area contributed by atoms with Gasteiger partial charge in [0.25, 0.3) is 10.0 Å². The average Bonchev–Trinajstić information content (AvgIpc) is 2.64. The summed E-state index contributed by atoms with van der Waals surface area (Å²) in [5.74, 6) is -0.131. The topological polar surface area (TPSA) is 97.1 Å². The lowest BCUT2D eigenvalue weighted by Crippen LogP contribution is -2.17. The number of anilines is 1. The van der Waals surface area contributed by atoms with Gasteiger partial charge in [0.15, 0.2) is 4.60 Å². The lowest BCUT2D eigenvalue weighted by molar-refractivity contribution is 0.475. The van der Waals surface area contributed by atoms with Gasteiger partial charge in [-0.3, -0.25) is 4.72 Å². The smallest absolute Gasteiger partial charge is 0.281 e. The first-order chi connectivity index (χ1) is 8.81. The van der Waals surface area contributed by atoms with Crippen LogP contribution in [0.25, 0.3) is 0 Å². The molecule has 0 saturated heterocycles. The summed E-state index contributed by atoms with van der Waals surface area (Å²) in [5, 5.41) is 16.4. The predicted molar refractivity (Wildman–Crippen MR) is 72.6 cm³/mol. The van der Waals surface area contributed by atoms with Crippen molar-refractivity contribution in [3.05, 3.63) is 27.8 Å². The molecule has 0 aliphatic carbocycles. The molecule has 10 heteroatoms. The molecule has 0 spiro atoms. The number of halogens is 2. The summed E-state index contributed by atoms with van der Waals surface area (Å²) in [6, 6.07) is 3.97. The molecule has 0 aliphatic heterocycles. The van der Waals surface area contributed by atoms with Crippen LogP contribution in [-0.4, -0.2) is 28.5 Å². The highest BCUT2D eigenvalue weighted by atomic mass is 79.9. The normalized spacial score (nSPS) is 11.5. The zero-order valence-corrected chi connectivity index (χ0v) is 12.7. The number of benzene rings is 1. The van der Waals surface area contributed by atoms with E-state index >= 15 is 0 Å². The van der Waals surface area contributed by atoms with Crippen molar-refractivity contribution >= 4 is 43.2 Å². The van der Waals surface area contributed by atoms with E-state index in [9.17, 15) is 13.5 Å². The van der Waals surface area contributed by atoms with E-state index in [1.165, 1.54) is 25.2 Å². The molecule has 2 aromatic rings. The van der Waals surface area contributed by atoms with Crippen LogP contribution in [-0.2, 0) is 17.1 Å². The summed E-state index contributed by atoms with van der Waals surface area (Å²) in [6.07, 6.45) is 0. The van der Waals surface area contributed by atoms with Crippen molar-refractivity contribution in [1.29, 1.82) is 0 Å². The van der Waals surface area contributed by atoms with Crippen LogP contribution in [0.4, 0.5) is 5.69 Å². The Morgan fingerprint density at radius 1 is 1.47 bits per heavy atom. The fourth-order valence-corrected chi connectivity index (χ4v) is 3.71. The molecule has 7 nitrogen and oxygen atoms in total. The van der Waals surface area contributed by atoms with Crippen molar-refractivity contribution in [2.24, 2.45) is 7.05 Å². The van der Waals surface area contributed by atoms with Crippen LogP contribution in [0.5, 0.6) is 5.75 Å². The summed E-state index contributed by atoms with van der Waals surface area (Å²) in [6.45, 7) is 0. The van der Waals surface area contributed by atoms with Crippen LogP contribution < -0.4 is 4.72 Å². The van der Waals surface area contributed by atoms with E-state index in [0.717, 1.165) is 4.68 Å². The first kappa shape index (κ1) is 14.1. The lowest BCUT2D eigenvalue weighted by Gasteiger charge is -2.08. The highest BCUT2D eigenvalue weighted by Gasteiger charge is 2.24. The number of aromatic hydroxyl groups is 1. The molecule has 0 bridgehead atoms. The van der Waals surface area contributed by atoms with Crippen LogP contribution in [0.1, 0.15) is 0 Å². The monoisotopic (exact) mass is 366 g/mol. The van der Waals surface area contributed by atoms with E-state index in [-0.39, 0.29) is 26.1 Å². The second-order valence-electron chi connectivity index (χ2n) is 3.58. The van der Waals surface area contributed by atoms with E-state index in [0.29, 0.717) is 0 Å². The van der Waals surface area contributed by atoms with E-state index in [1.54, 1.807) is 0 Å². The predicted octanol–water partition coefficient (Wildman–Crippen LogP) is 1.74. The quantitative estimate of drug-likeness (QED) is 0.805. The fourth-order valence-electron chi connectivity index (χ4n) is 1.38. The van der Waals surface area contributed by atoms with E-state index < -0.39 is 10.0 Å². The third-order valence-electron chi connectivity index (χ3n) is 2.19. The number of nitrogens with one attached hydrogen (secondary N) is 1. The zero-order valence-electron chi connectivity index (χ0n) is 9.50. The fraction of sp³-hybridized carbons (Fsp3) is 0.111. The van der Waals surface area contributed by atoms with Crippen molar-refractivity contribution in [3.63, 3.8) is 0 Å². The number of hydrogen-bond acceptors (Lipinski definition) is 5. The lowest BCUT2D eigenvalue weighted by atomic mass is 10.3. The van der Waals surface area contributed by atoms with Crippen LogP contribution in [0, 0.1) is 0 Å². The Balaban J connectivity index is 2.39. The molecule has 2 N–H and O–H groups in total. The first-order valence-corrected chi connectivity index (χ1v) is 7.53. The third-order valence-corrected chi connectivity index (χ3v) is 4.76. The molecule has 0 atom stereocenters. The molecule has 0 fully saturated rings. The zero-order chi connectivity index (χ0) is 14.2. The van der Waals surface area contributed by atoms with Gasteiger partial charge >= 0.3 is 0 Å². The Kier molecular flexibility index (Phi) is 3.70. The summed E-state index contributed by atoms with van der Waals surface area (Å²) in [7, 11) is -2.41. The molecular formula is C9H8BrClN4O3S. The van der Waals surface area contributed by atoms with Crippen LogP contribution in [0.15, 0.2) is 27.8 Å². The average molecular weight is 368 g/mol. The summed E-state index contributed by atoms with van der Waals surface area (Å²) < 4.78 is 27.8. The van der Waals surface area contributed by atoms with Gasteiger partial charge in [-0.15, -0.1) is 5.10 Å². The van der Waals surface area contributed by atoms with Gasteiger partial charge in [-0.05, 0) is 34.1 Å². The number of hydrogen-bond donors (Lipinski definition) is 2. The maximum absolute atomic E-state index is 12.2. The molecule has 0 amide bonds. The number of nitrogens with zero attached hydrogens (tertiary/aromatic N) is 3. The number of aryl methyl sites for hydroxylation is 1. The van der Waals surface area contributed by atoms with E-state index in [1.807, 2.05) is 0 Å². The largest absolute Gasteiger partial charge is 0.506 e. The van der Waals surface area contributed by atoms with Gasteiger partial charge in [0.2, 0.25) is 5.03 Å². The summed E-state index contributed by atoms with van der Waals surface area (Å²) in [5.41, 5.74) is 0.218. The van der Waals surface area contributed by atoms with Crippen molar-refractivity contribution in [1.82, 2.24) is 15.0 Å². The second-order valence-corrected chi connectivity index (χ2v) is 6.34. The van der Waals surface area contributed by atoms with Gasteiger partial charge in [-0.25, -0.2) is 4.68 Å². The molecule has 1 aromatic heterocycles. The first-order valence-electron chi connectivity index (χ1n) is 4.88. The molecule has 0 radical (unpaired) electrons. The molecule has 0 aliphatic rings. The highest BCUT2D eigenvalue weighted by Crippen LogP contribution is 2.28. The molecule has 102 valence electrons. The van der Waals surface area contributed by atoms with Gasteiger partial charge in [-0.2, -0.15) is 8.42 Å². The number of rotatable bonds is 3. The van der Waals surface area contributed by atoms with Gasteiger partial charge < -0.3 is 5.11 Å². The second kappa shape index (κ2) is 4.99.